The summed E-state index contributed by atoms with van der Waals surface area (Å²) in [6.07, 6.45) is 6.99. The lowest BCUT2D eigenvalue weighted by Gasteiger charge is -2.36. The number of likely N-dealkylation sites (tertiary alicyclic amines) is 1. The summed E-state index contributed by atoms with van der Waals surface area (Å²) in [6.45, 7) is 6.80. The first-order chi connectivity index (χ1) is 14.9. The highest BCUT2D eigenvalue weighted by Crippen LogP contribution is 2.33. The highest BCUT2D eigenvalue weighted by molar-refractivity contribution is 5.82. The monoisotopic (exact) mass is 426 g/mol. The van der Waals surface area contributed by atoms with E-state index >= 15 is 0 Å². The summed E-state index contributed by atoms with van der Waals surface area (Å²) in [5.41, 5.74) is 12.3. The third kappa shape index (κ3) is 3.79. The standard InChI is InChI=1S/C22H34N8O/c1-14-12-30-20(24-21(14)28-9-7-16(23)13-28)11-17(26-30)19-6-4-5-8-29(19)22(31)18-10-15(2)27(3)25-18/h11-12,15-16,18-19,25H,4-10,13,23H2,1-3H3. The van der Waals surface area contributed by atoms with Gasteiger partial charge in [0, 0.05) is 56.6 Å². The van der Waals surface area contributed by atoms with Crippen molar-refractivity contribution in [2.75, 3.05) is 31.6 Å². The Balaban J connectivity index is 1.42. The second-order valence-corrected chi connectivity index (χ2v) is 9.53. The van der Waals surface area contributed by atoms with E-state index in [1.54, 1.807) is 0 Å². The van der Waals surface area contributed by atoms with Gasteiger partial charge in [0.05, 0.1) is 11.7 Å². The molecule has 4 unspecified atom stereocenters. The Hall–Kier alpha value is -2.23. The molecule has 9 heteroatoms. The summed E-state index contributed by atoms with van der Waals surface area (Å²) < 4.78 is 1.87. The number of nitrogens with zero attached hydrogens (tertiary/aromatic N) is 6. The van der Waals surface area contributed by atoms with Gasteiger partial charge in [-0.2, -0.15) is 5.10 Å². The number of aryl methyl sites for hydroxylation is 1. The molecular weight excluding hydrogens is 392 g/mol. The van der Waals surface area contributed by atoms with E-state index in [0.717, 1.165) is 74.5 Å². The minimum absolute atomic E-state index is 0.00919. The van der Waals surface area contributed by atoms with E-state index in [9.17, 15) is 4.79 Å². The first-order valence-corrected chi connectivity index (χ1v) is 11.6. The Morgan fingerprint density at radius 3 is 2.81 bits per heavy atom. The Morgan fingerprint density at radius 1 is 1.26 bits per heavy atom. The smallest absolute Gasteiger partial charge is 0.241 e. The number of amides is 1. The predicted octanol–water partition coefficient (Wildman–Crippen LogP) is 1.23. The van der Waals surface area contributed by atoms with Crippen molar-refractivity contribution in [3.63, 3.8) is 0 Å². The molecule has 3 fully saturated rings. The van der Waals surface area contributed by atoms with E-state index in [2.05, 4.69) is 36.4 Å². The molecule has 3 N–H and O–H groups in total. The van der Waals surface area contributed by atoms with Crippen molar-refractivity contribution in [2.45, 2.75) is 70.1 Å². The molecule has 0 aromatic carbocycles. The number of hydrogen-bond donors (Lipinski definition) is 2. The number of carbonyl (C=O) groups is 1. The number of rotatable bonds is 3. The molecule has 168 valence electrons. The van der Waals surface area contributed by atoms with Crippen molar-refractivity contribution in [3.05, 3.63) is 23.5 Å². The van der Waals surface area contributed by atoms with Crippen LogP contribution in [-0.2, 0) is 4.79 Å². The third-order valence-corrected chi connectivity index (χ3v) is 7.17. The minimum atomic E-state index is -0.149. The van der Waals surface area contributed by atoms with Gasteiger partial charge in [0.2, 0.25) is 5.91 Å². The average molecular weight is 427 g/mol. The molecule has 3 aliphatic rings. The SMILES string of the molecule is Cc1cn2nc(C3CCCCN3C(=O)C3CC(C)N(C)N3)cc2nc1N1CCC(N)C1. The maximum absolute atomic E-state index is 13.4. The molecule has 9 nitrogen and oxygen atoms in total. The molecule has 5 rings (SSSR count). The molecule has 3 aliphatic heterocycles. The first-order valence-electron chi connectivity index (χ1n) is 11.6. The Morgan fingerprint density at radius 2 is 2.10 bits per heavy atom. The van der Waals surface area contributed by atoms with Gasteiger partial charge in [-0.3, -0.25) is 4.79 Å². The topological polar surface area (TPSA) is 95.0 Å². The molecular formula is C22H34N8O. The lowest BCUT2D eigenvalue weighted by atomic mass is 9.97. The van der Waals surface area contributed by atoms with E-state index in [4.69, 9.17) is 15.8 Å². The highest BCUT2D eigenvalue weighted by atomic mass is 16.2. The molecule has 0 aliphatic carbocycles. The summed E-state index contributed by atoms with van der Waals surface area (Å²) in [5, 5.41) is 6.90. The second kappa shape index (κ2) is 8.03. The van der Waals surface area contributed by atoms with Crippen LogP contribution in [0.3, 0.4) is 0 Å². The van der Waals surface area contributed by atoms with E-state index in [1.165, 1.54) is 0 Å². The minimum Gasteiger partial charge on any atom is -0.355 e. The van der Waals surface area contributed by atoms with Crippen molar-refractivity contribution in [3.8, 4) is 0 Å². The molecule has 0 spiro atoms. The van der Waals surface area contributed by atoms with Crippen molar-refractivity contribution in [2.24, 2.45) is 5.73 Å². The molecule has 0 saturated carbocycles. The zero-order valence-electron chi connectivity index (χ0n) is 18.8. The van der Waals surface area contributed by atoms with Crippen LogP contribution in [0.15, 0.2) is 12.3 Å². The van der Waals surface area contributed by atoms with Crippen LogP contribution >= 0.6 is 0 Å². The number of nitrogens with one attached hydrogen (secondary N) is 1. The summed E-state index contributed by atoms with van der Waals surface area (Å²) in [6, 6.07) is 2.49. The zero-order chi connectivity index (χ0) is 21.7. The number of hydrogen-bond acceptors (Lipinski definition) is 7. The van der Waals surface area contributed by atoms with E-state index in [-0.39, 0.29) is 24.0 Å². The maximum Gasteiger partial charge on any atom is 0.241 e. The molecule has 3 saturated heterocycles. The maximum atomic E-state index is 13.4. The molecule has 0 bridgehead atoms. The van der Waals surface area contributed by atoms with Gasteiger partial charge in [0.1, 0.15) is 11.9 Å². The van der Waals surface area contributed by atoms with Crippen molar-refractivity contribution in [1.82, 2.24) is 29.9 Å². The number of carbonyl (C=O) groups excluding carboxylic acids is 1. The lowest BCUT2D eigenvalue weighted by molar-refractivity contribution is -0.137. The van der Waals surface area contributed by atoms with Gasteiger partial charge in [-0.25, -0.2) is 19.9 Å². The van der Waals surface area contributed by atoms with Gasteiger partial charge in [0.25, 0.3) is 0 Å². The number of piperidine rings is 1. The van der Waals surface area contributed by atoms with E-state index in [1.807, 2.05) is 21.5 Å². The fraction of sp³-hybridized carbons (Fsp3) is 0.682. The molecule has 2 aromatic rings. The summed E-state index contributed by atoms with van der Waals surface area (Å²) in [5.74, 6) is 1.18. The van der Waals surface area contributed by atoms with Crippen molar-refractivity contribution in [1.29, 1.82) is 0 Å². The molecule has 5 heterocycles. The van der Waals surface area contributed by atoms with Crippen LogP contribution < -0.4 is 16.1 Å². The summed E-state index contributed by atoms with van der Waals surface area (Å²) in [4.78, 5) is 22.6. The number of nitrogens with two attached hydrogens (primary N) is 1. The van der Waals surface area contributed by atoms with Crippen LogP contribution in [0.25, 0.3) is 5.65 Å². The predicted molar refractivity (Wildman–Crippen MR) is 120 cm³/mol. The fourth-order valence-electron chi connectivity index (χ4n) is 5.27. The van der Waals surface area contributed by atoms with Crippen LogP contribution in [0.4, 0.5) is 5.82 Å². The van der Waals surface area contributed by atoms with E-state index < -0.39 is 0 Å². The van der Waals surface area contributed by atoms with Crippen LogP contribution in [0.1, 0.15) is 56.3 Å². The zero-order valence-corrected chi connectivity index (χ0v) is 18.8. The molecule has 4 atom stereocenters. The van der Waals surface area contributed by atoms with Gasteiger partial charge < -0.3 is 15.5 Å². The molecule has 0 radical (unpaired) electrons. The Bertz CT molecular complexity index is 964. The number of fused-ring (bicyclic) bond motifs is 1. The fourth-order valence-corrected chi connectivity index (χ4v) is 5.27. The third-order valence-electron chi connectivity index (χ3n) is 7.17. The van der Waals surface area contributed by atoms with Gasteiger partial charge in [-0.1, -0.05) is 0 Å². The summed E-state index contributed by atoms with van der Waals surface area (Å²) in [7, 11) is 2.01. The number of aromatic nitrogens is 3. The first kappa shape index (κ1) is 20.7. The Kier molecular flexibility index (Phi) is 5.35. The van der Waals surface area contributed by atoms with Gasteiger partial charge >= 0.3 is 0 Å². The van der Waals surface area contributed by atoms with Crippen LogP contribution in [-0.4, -0.2) is 75.2 Å². The van der Waals surface area contributed by atoms with Gasteiger partial charge in [-0.05, 0) is 46.0 Å². The lowest BCUT2D eigenvalue weighted by Crippen LogP contribution is -2.49. The highest BCUT2D eigenvalue weighted by Gasteiger charge is 2.38. The molecule has 1 amide bonds. The normalized spacial score (nSPS) is 29.9. The van der Waals surface area contributed by atoms with Gasteiger partial charge in [0.15, 0.2) is 5.65 Å². The molecule has 2 aromatic heterocycles. The summed E-state index contributed by atoms with van der Waals surface area (Å²) >= 11 is 0. The second-order valence-electron chi connectivity index (χ2n) is 9.53. The quantitative estimate of drug-likeness (QED) is 0.762. The van der Waals surface area contributed by atoms with Crippen LogP contribution in [0.2, 0.25) is 0 Å². The van der Waals surface area contributed by atoms with Crippen LogP contribution in [0.5, 0.6) is 0 Å². The van der Waals surface area contributed by atoms with Gasteiger partial charge in [-0.15, -0.1) is 0 Å². The van der Waals surface area contributed by atoms with Crippen molar-refractivity contribution < 1.29 is 4.79 Å². The number of anilines is 1. The van der Waals surface area contributed by atoms with Crippen molar-refractivity contribution >= 4 is 17.4 Å². The van der Waals surface area contributed by atoms with Crippen LogP contribution in [0, 0.1) is 6.92 Å². The van der Waals surface area contributed by atoms with E-state index in [0.29, 0.717) is 6.04 Å². The average Bonchev–Trinajstić information content (AvgIpc) is 3.45. The Labute approximate surface area is 183 Å². The molecule has 31 heavy (non-hydrogen) atoms. The number of hydrazine groups is 1. The largest absolute Gasteiger partial charge is 0.355 e.